The Kier molecular flexibility index (Phi) is 9.70. The van der Waals surface area contributed by atoms with E-state index in [9.17, 15) is 19.2 Å². The Hall–Kier alpha value is -2.40. The van der Waals surface area contributed by atoms with Gasteiger partial charge in [0, 0.05) is 17.1 Å². The van der Waals surface area contributed by atoms with Crippen molar-refractivity contribution >= 4 is 53.0 Å². The molecule has 1 fully saturated rings. The number of benzene rings is 1. The van der Waals surface area contributed by atoms with Crippen LogP contribution in [0.3, 0.4) is 0 Å². The third-order valence-corrected chi connectivity index (χ3v) is 6.39. The number of nitrogens with one attached hydrogen (secondary N) is 3. The Bertz CT molecular complexity index is 851. The molecule has 0 bridgehead atoms. The minimum atomic E-state index is -0.834. The van der Waals surface area contributed by atoms with Gasteiger partial charge >= 0.3 is 6.03 Å². The molecule has 1 aliphatic rings. The van der Waals surface area contributed by atoms with Crippen LogP contribution in [0.25, 0.3) is 0 Å². The summed E-state index contributed by atoms with van der Waals surface area (Å²) in [5.74, 6) is -1.25. The van der Waals surface area contributed by atoms with E-state index in [1.165, 1.54) is 16.7 Å². The van der Waals surface area contributed by atoms with Gasteiger partial charge in [-0.3, -0.25) is 14.4 Å². The van der Waals surface area contributed by atoms with Gasteiger partial charge < -0.3 is 26.6 Å². The maximum atomic E-state index is 12.9. The monoisotopic (exact) mass is 481 g/mol. The van der Waals surface area contributed by atoms with Gasteiger partial charge in [-0.25, -0.2) is 4.79 Å². The van der Waals surface area contributed by atoms with Crippen LogP contribution in [-0.2, 0) is 14.4 Å². The van der Waals surface area contributed by atoms with Gasteiger partial charge in [-0.05, 0) is 43.0 Å². The number of amides is 5. The molecule has 176 valence electrons. The number of thioether (sulfide) groups is 2. The Labute approximate surface area is 197 Å². The number of hydrogen-bond acceptors (Lipinski definition) is 6. The van der Waals surface area contributed by atoms with Crippen molar-refractivity contribution in [2.45, 2.75) is 43.3 Å². The number of rotatable bonds is 9. The van der Waals surface area contributed by atoms with Crippen molar-refractivity contribution in [1.29, 1.82) is 0 Å². The first kappa shape index (κ1) is 25.9. The summed E-state index contributed by atoms with van der Waals surface area (Å²) >= 11 is 2.92. The smallest absolute Gasteiger partial charge is 0.319 e. The molecule has 3 unspecified atom stereocenters. The number of urea groups is 1. The second kappa shape index (κ2) is 12.0. The maximum absolute atomic E-state index is 12.9. The molecular weight excluding hydrogens is 450 g/mol. The molecular formula is C21H31N5O4S2. The molecule has 1 aromatic carbocycles. The lowest BCUT2D eigenvalue weighted by Gasteiger charge is -2.26. The van der Waals surface area contributed by atoms with Crippen LogP contribution in [0.5, 0.6) is 0 Å². The molecule has 32 heavy (non-hydrogen) atoms. The summed E-state index contributed by atoms with van der Waals surface area (Å²) in [6, 6.07) is 4.99. The fourth-order valence-electron chi connectivity index (χ4n) is 3.54. The van der Waals surface area contributed by atoms with Crippen LogP contribution >= 0.6 is 23.5 Å². The molecule has 5 N–H and O–H groups in total. The lowest BCUT2D eigenvalue weighted by molar-refractivity contribution is -0.138. The van der Waals surface area contributed by atoms with Crippen molar-refractivity contribution in [3.05, 3.63) is 24.3 Å². The molecule has 1 saturated heterocycles. The van der Waals surface area contributed by atoms with E-state index in [0.717, 1.165) is 4.90 Å². The number of nitrogens with two attached hydrogens (primary N) is 1. The van der Waals surface area contributed by atoms with E-state index in [1.807, 2.05) is 24.5 Å². The van der Waals surface area contributed by atoms with E-state index < -0.39 is 36.0 Å². The molecule has 0 radical (unpaired) electrons. The zero-order valence-corrected chi connectivity index (χ0v) is 20.3. The summed E-state index contributed by atoms with van der Waals surface area (Å²) in [4.78, 5) is 52.2. The van der Waals surface area contributed by atoms with Gasteiger partial charge in [-0.1, -0.05) is 19.9 Å². The molecule has 1 aromatic rings. The van der Waals surface area contributed by atoms with Crippen LogP contribution in [0.15, 0.2) is 29.2 Å². The second-order valence-corrected chi connectivity index (χ2v) is 9.64. The van der Waals surface area contributed by atoms with Crippen LogP contribution < -0.4 is 21.7 Å². The predicted molar refractivity (Wildman–Crippen MR) is 129 cm³/mol. The first-order valence-corrected chi connectivity index (χ1v) is 12.9. The van der Waals surface area contributed by atoms with Crippen LogP contribution in [-0.4, -0.2) is 71.6 Å². The molecule has 0 saturated carbocycles. The molecule has 3 atom stereocenters. The fraction of sp³-hybridized carbons (Fsp3) is 0.524. The third-order valence-electron chi connectivity index (χ3n) is 5.13. The molecule has 1 heterocycles. The van der Waals surface area contributed by atoms with Gasteiger partial charge in [0.05, 0.1) is 11.8 Å². The third kappa shape index (κ3) is 7.06. The highest BCUT2D eigenvalue weighted by molar-refractivity contribution is 7.99. The lowest BCUT2D eigenvalue weighted by Crippen LogP contribution is -2.54. The van der Waals surface area contributed by atoms with Crippen LogP contribution in [0.2, 0.25) is 0 Å². The maximum Gasteiger partial charge on any atom is 0.319 e. The average molecular weight is 482 g/mol. The van der Waals surface area contributed by atoms with Crippen LogP contribution in [0.4, 0.5) is 10.5 Å². The summed E-state index contributed by atoms with van der Waals surface area (Å²) in [5, 5.41) is 8.30. The van der Waals surface area contributed by atoms with Crippen molar-refractivity contribution in [2.24, 2.45) is 11.7 Å². The zero-order valence-electron chi connectivity index (χ0n) is 18.7. The van der Waals surface area contributed by atoms with E-state index in [-0.39, 0.29) is 30.5 Å². The molecule has 11 heteroatoms. The number of hydrogen-bond donors (Lipinski definition) is 4. The van der Waals surface area contributed by atoms with Crippen molar-refractivity contribution in [3.63, 3.8) is 0 Å². The summed E-state index contributed by atoms with van der Waals surface area (Å²) in [6.45, 7) is 3.77. The lowest BCUT2D eigenvalue weighted by atomic mass is 10.0. The molecule has 2 rings (SSSR count). The SMILES string of the molecule is CSCC(=O)N1CC(NC(=O)Nc2cccc(SC)c2)CC1C(=O)NC(C(N)=O)C(C)C. The van der Waals surface area contributed by atoms with Gasteiger partial charge in [-0.15, -0.1) is 11.8 Å². The van der Waals surface area contributed by atoms with Gasteiger partial charge in [0.1, 0.15) is 12.1 Å². The Morgan fingerprint density at radius 1 is 1.22 bits per heavy atom. The number of anilines is 1. The number of carbonyl (C=O) groups excluding carboxylic acids is 4. The van der Waals surface area contributed by atoms with Gasteiger partial charge in [-0.2, -0.15) is 11.8 Å². The fourth-order valence-corrected chi connectivity index (χ4v) is 4.41. The summed E-state index contributed by atoms with van der Waals surface area (Å²) in [7, 11) is 0. The van der Waals surface area contributed by atoms with Gasteiger partial charge in [0.2, 0.25) is 17.7 Å². The van der Waals surface area contributed by atoms with Crippen LogP contribution in [0.1, 0.15) is 20.3 Å². The first-order chi connectivity index (χ1) is 15.2. The molecule has 0 aromatic heterocycles. The van der Waals surface area contributed by atoms with Crippen LogP contribution in [0, 0.1) is 5.92 Å². The minimum Gasteiger partial charge on any atom is -0.368 e. The number of primary amides is 1. The zero-order chi connectivity index (χ0) is 23.8. The number of nitrogens with zero attached hydrogens (tertiary/aromatic N) is 1. The van der Waals surface area contributed by atoms with E-state index in [2.05, 4.69) is 16.0 Å². The van der Waals surface area contributed by atoms with Gasteiger partial charge in [0.15, 0.2) is 0 Å². The highest BCUT2D eigenvalue weighted by atomic mass is 32.2. The highest BCUT2D eigenvalue weighted by Crippen LogP contribution is 2.22. The quantitative estimate of drug-likeness (QED) is 0.395. The van der Waals surface area contributed by atoms with Crippen molar-refractivity contribution in [3.8, 4) is 0 Å². The molecule has 5 amide bonds. The van der Waals surface area contributed by atoms with Gasteiger partial charge in [0.25, 0.3) is 0 Å². The molecule has 9 nitrogen and oxygen atoms in total. The standard InChI is InChI=1S/C21H31N5O4S2/c1-12(2)18(19(22)28)25-20(29)16-9-14(10-26(16)17(27)11-31-3)24-21(30)23-13-6-5-7-15(8-13)32-4/h5-8,12,14,16,18H,9-11H2,1-4H3,(H2,22,28)(H,25,29)(H2,23,24,30). The molecule has 0 aliphatic carbocycles. The number of carbonyl (C=O) groups is 4. The number of likely N-dealkylation sites (tertiary alicyclic amines) is 1. The van der Waals surface area contributed by atoms with E-state index >= 15 is 0 Å². The first-order valence-electron chi connectivity index (χ1n) is 10.3. The van der Waals surface area contributed by atoms with Crippen molar-refractivity contribution in [2.75, 3.05) is 30.1 Å². The topological polar surface area (TPSA) is 134 Å². The average Bonchev–Trinajstić information content (AvgIpc) is 3.15. The van der Waals surface area contributed by atoms with Crippen molar-refractivity contribution < 1.29 is 19.2 Å². The summed E-state index contributed by atoms with van der Waals surface area (Å²) < 4.78 is 0. The minimum absolute atomic E-state index is 0.190. The Morgan fingerprint density at radius 2 is 1.94 bits per heavy atom. The molecule has 0 spiro atoms. The van der Waals surface area contributed by atoms with Crippen molar-refractivity contribution in [1.82, 2.24) is 15.5 Å². The highest BCUT2D eigenvalue weighted by Gasteiger charge is 2.41. The normalized spacial score (nSPS) is 18.8. The van der Waals surface area contributed by atoms with E-state index in [1.54, 1.807) is 37.9 Å². The van der Waals surface area contributed by atoms with E-state index in [0.29, 0.717) is 5.69 Å². The Balaban J connectivity index is 2.08. The second-order valence-electron chi connectivity index (χ2n) is 7.89. The Morgan fingerprint density at radius 3 is 2.53 bits per heavy atom. The molecule has 1 aliphatic heterocycles. The summed E-state index contributed by atoms with van der Waals surface area (Å²) in [6.07, 6.45) is 4.00. The van der Waals surface area contributed by atoms with E-state index in [4.69, 9.17) is 5.73 Å². The largest absolute Gasteiger partial charge is 0.368 e. The summed E-state index contributed by atoms with van der Waals surface area (Å²) in [5.41, 5.74) is 6.06. The predicted octanol–water partition coefficient (Wildman–Crippen LogP) is 1.49.